The van der Waals surface area contributed by atoms with E-state index >= 15 is 0 Å². The highest BCUT2D eigenvalue weighted by Crippen LogP contribution is 2.32. The Morgan fingerprint density at radius 2 is 0.867 bits per heavy atom. The minimum absolute atomic E-state index is 1.00. The van der Waals surface area contributed by atoms with Crippen molar-refractivity contribution in [1.82, 2.24) is 4.98 Å². The van der Waals surface area contributed by atoms with E-state index < -0.39 is 0 Å². The van der Waals surface area contributed by atoms with E-state index in [4.69, 9.17) is 4.98 Å². The summed E-state index contributed by atoms with van der Waals surface area (Å²) in [5.74, 6) is 0. The van der Waals surface area contributed by atoms with E-state index in [0.717, 1.165) is 11.3 Å². The van der Waals surface area contributed by atoms with Crippen molar-refractivity contribution in [3.63, 3.8) is 0 Å². The van der Waals surface area contributed by atoms with Gasteiger partial charge in [-0.3, -0.25) is 4.98 Å². The molecule has 150 valence electrons. The van der Waals surface area contributed by atoms with Gasteiger partial charge in [-0.2, -0.15) is 0 Å². The molecule has 0 aliphatic carbocycles. The van der Waals surface area contributed by atoms with Crippen LogP contribution in [0.2, 0.25) is 0 Å². The highest BCUT2D eigenvalue weighted by Gasteiger charge is 2.10. The van der Waals surface area contributed by atoms with Crippen molar-refractivity contribution >= 4 is 0 Å². The Kier molecular flexibility index (Phi) is 5.30. The minimum atomic E-state index is 1.00. The van der Waals surface area contributed by atoms with E-state index in [-0.39, 0.29) is 0 Å². The fourth-order valence-corrected chi connectivity index (χ4v) is 4.79. The molecular weight excluding hydrogens is 362 g/mol. The zero-order chi connectivity index (χ0) is 21.4. The molecule has 4 rings (SSSR count). The Balaban J connectivity index is 1.65. The number of hydrogen-bond acceptors (Lipinski definition) is 1. The van der Waals surface area contributed by atoms with E-state index in [1.807, 2.05) is 6.20 Å². The zero-order valence-electron chi connectivity index (χ0n) is 18.8. The maximum Gasteiger partial charge on any atom is 0.0702 e. The topological polar surface area (TPSA) is 12.9 Å². The van der Waals surface area contributed by atoms with Gasteiger partial charge in [0.25, 0.3) is 0 Å². The van der Waals surface area contributed by atoms with Crippen molar-refractivity contribution in [2.24, 2.45) is 0 Å². The van der Waals surface area contributed by atoms with Crippen LogP contribution in [0.15, 0.2) is 66.9 Å². The molecule has 1 nitrogen and oxygen atoms in total. The molecule has 1 aromatic heterocycles. The summed E-state index contributed by atoms with van der Waals surface area (Å²) in [5, 5.41) is 0. The largest absolute Gasteiger partial charge is 0.256 e. The number of aromatic nitrogens is 1. The van der Waals surface area contributed by atoms with Crippen molar-refractivity contribution < 1.29 is 0 Å². The van der Waals surface area contributed by atoms with E-state index in [1.54, 1.807) is 0 Å². The lowest BCUT2D eigenvalue weighted by Gasteiger charge is -2.13. The molecule has 0 unspecified atom stereocenters. The Bertz CT molecular complexity index is 1070. The first-order valence-electron chi connectivity index (χ1n) is 10.6. The molecule has 1 heterocycles. The summed E-state index contributed by atoms with van der Waals surface area (Å²) >= 11 is 0. The van der Waals surface area contributed by atoms with E-state index in [0.29, 0.717) is 0 Å². The average Bonchev–Trinajstić information content (AvgIpc) is 2.67. The Hall–Kier alpha value is -3.19. The summed E-state index contributed by atoms with van der Waals surface area (Å²) in [7, 11) is 0. The molecule has 30 heavy (non-hydrogen) atoms. The Morgan fingerprint density at radius 1 is 0.467 bits per heavy atom. The molecule has 0 bridgehead atoms. The Morgan fingerprint density at radius 3 is 1.30 bits per heavy atom. The number of pyridine rings is 1. The van der Waals surface area contributed by atoms with Crippen LogP contribution < -0.4 is 0 Å². The molecule has 4 aromatic rings. The van der Waals surface area contributed by atoms with Crippen LogP contribution in [0.5, 0.6) is 0 Å². The average molecular weight is 392 g/mol. The molecule has 0 spiro atoms. The van der Waals surface area contributed by atoms with E-state index in [2.05, 4.69) is 102 Å². The quantitative estimate of drug-likeness (QED) is 0.345. The predicted octanol–water partition coefficient (Wildman–Crippen LogP) is 7.93. The van der Waals surface area contributed by atoms with Crippen LogP contribution in [-0.4, -0.2) is 4.98 Å². The molecule has 0 aliphatic rings. The molecule has 0 N–H and O–H groups in total. The number of nitrogens with zero attached hydrogens (tertiary/aromatic N) is 1. The number of hydrogen-bond donors (Lipinski definition) is 0. The van der Waals surface area contributed by atoms with Gasteiger partial charge in [-0.25, -0.2) is 0 Å². The third kappa shape index (κ3) is 3.80. The number of aryl methyl sites for hydroxylation is 6. The molecule has 3 aromatic carbocycles. The molecule has 1 heteroatoms. The second-order valence-electron chi connectivity index (χ2n) is 8.56. The SMILES string of the molecule is Cc1cc(C)c(-c2ccc(-c3ccc(-c4c(C)cc(C)cc4C)cn3)cc2)c(C)c1. The highest BCUT2D eigenvalue weighted by atomic mass is 14.7. The van der Waals surface area contributed by atoms with Crippen LogP contribution in [0, 0.1) is 41.5 Å². The first kappa shape index (κ1) is 20.1. The molecular formula is C29H29N. The summed E-state index contributed by atoms with van der Waals surface area (Å²) in [4.78, 5) is 4.78. The summed E-state index contributed by atoms with van der Waals surface area (Å²) in [6, 6.07) is 22.1. The van der Waals surface area contributed by atoms with Gasteiger partial charge in [-0.15, -0.1) is 0 Å². The first-order chi connectivity index (χ1) is 14.3. The van der Waals surface area contributed by atoms with Crippen molar-refractivity contribution in [3.05, 3.63) is 100 Å². The van der Waals surface area contributed by atoms with Gasteiger partial charge in [-0.05, 0) is 86.6 Å². The molecule has 0 aliphatic heterocycles. The fourth-order valence-electron chi connectivity index (χ4n) is 4.79. The predicted molar refractivity (Wildman–Crippen MR) is 129 cm³/mol. The lowest BCUT2D eigenvalue weighted by molar-refractivity contribution is 1.28. The zero-order valence-corrected chi connectivity index (χ0v) is 18.8. The van der Waals surface area contributed by atoms with Crippen LogP contribution in [0.3, 0.4) is 0 Å². The molecule has 0 amide bonds. The fraction of sp³-hybridized carbons (Fsp3) is 0.207. The summed E-state index contributed by atoms with van der Waals surface area (Å²) < 4.78 is 0. The maximum absolute atomic E-state index is 4.78. The monoisotopic (exact) mass is 391 g/mol. The van der Waals surface area contributed by atoms with Crippen LogP contribution in [0.1, 0.15) is 33.4 Å². The Labute approximate surface area is 180 Å². The summed E-state index contributed by atoms with van der Waals surface area (Å²) in [5.41, 5.74) is 15.1. The lowest BCUT2D eigenvalue weighted by Crippen LogP contribution is -1.92. The number of rotatable bonds is 3. The number of benzene rings is 3. The molecule has 0 atom stereocenters. The van der Waals surface area contributed by atoms with Gasteiger partial charge in [0, 0.05) is 17.3 Å². The third-order valence-corrected chi connectivity index (χ3v) is 5.88. The van der Waals surface area contributed by atoms with E-state index in [1.165, 1.54) is 55.6 Å². The normalized spacial score (nSPS) is 11.0. The minimum Gasteiger partial charge on any atom is -0.256 e. The van der Waals surface area contributed by atoms with Gasteiger partial charge in [0.15, 0.2) is 0 Å². The second kappa shape index (κ2) is 7.91. The summed E-state index contributed by atoms with van der Waals surface area (Å²) in [6.45, 7) is 13.0. The molecule has 0 radical (unpaired) electrons. The van der Waals surface area contributed by atoms with Crippen LogP contribution in [0.4, 0.5) is 0 Å². The van der Waals surface area contributed by atoms with Gasteiger partial charge in [0.05, 0.1) is 5.69 Å². The molecule has 0 saturated heterocycles. The molecule has 0 fully saturated rings. The van der Waals surface area contributed by atoms with E-state index in [9.17, 15) is 0 Å². The van der Waals surface area contributed by atoms with Gasteiger partial charge >= 0.3 is 0 Å². The maximum atomic E-state index is 4.78. The van der Waals surface area contributed by atoms with Crippen LogP contribution in [-0.2, 0) is 0 Å². The van der Waals surface area contributed by atoms with Gasteiger partial charge < -0.3 is 0 Å². The first-order valence-corrected chi connectivity index (χ1v) is 10.6. The second-order valence-corrected chi connectivity index (χ2v) is 8.56. The highest BCUT2D eigenvalue weighted by molar-refractivity contribution is 5.75. The van der Waals surface area contributed by atoms with Gasteiger partial charge in [0.1, 0.15) is 0 Å². The lowest BCUT2D eigenvalue weighted by atomic mass is 9.93. The van der Waals surface area contributed by atoms with Gasteiger partial charge in [0.2, 0.25) is 0 Å². The van der Waals surface area contributed by atoms with Crippen molar-refractivity contribution in [2.45, 2.75) is 41.5 Å². The van der Waals surface area contributed by atoms with Crippen molar-refractivity contribution in [3.8, 4) is 33.5 Å². The summed E-state index contributed by atoms with van der Waals surface area (Å²) in [6.07, 6.45) is 2.00. The van der Waals surface area contributed by atoms with Crippen LogP contribution >= 0.6 is 0 Å². The molecule has 0 saturated carbocycles. The third-order valence-electron chi connectivity index (χ3n) is 5.88. The van der Waals surface area contributed by atoms with Gasteiger partial charge in [-0.1, -0.05) is 65.7 Å². The van der Waals surface area contributed by atoms with Crippen molar-refractivity contribution in [1.29, 1.82) is 0 Å². The standard InChI is InChI=1S/C29H29N/c1-18-13-20(3)28(21(4)14-18)25-9-7-24(8-10-25)27-12-11-26(17-30-27)29-22(5)15-19(2)16-23(29)6/h7-17H,1-6H3. The van der Waals surface area contributed by atoms with Crippen LogP contribution in [0.25, 0.3) is 33.5 Å². The smallest absolute Gasteiger partial charge is 0.0702 e. The van der Waals surface area contributed by atoms with Crippen molar-refractivity contribution in [2.75, 3.05) is 0 Å².